The number of fused-ring (bicyclic) bond motifs is 1. The van der Waals surface area contributed by atoms with Gasteiger partial charge in [0.15, 0.2) is 0 Å². The van der Waals surface area contributed by atoms with E-state index in [0.29, 0.717) is 18.7 Å². The number of pyridine rings is 1. The number of aryl methyl sites for hydroxylation is 2. The van der Waals surface area contributed by atoms with Gasteiger partial charge in [0.1, 0.15) is 11.9 Å². The molecule has 0 unspecified atom stereocenters. The summed E-state index contributed by atoms with van der Waals surface area (Å²) < 4.78 is 0. The average molecular weight is 352 g/mol. The van der Waals surface area contributed by atoms with Gasteiger partial charge in [0.2, 0.25) is 0 Å². The first-order valence-electron chi connectivity index (χ1n) is 8.77. The maximum Gasteiger partial charge on any atom is 0.263 e. The minimum atomic E-state index is 0.155. The lowest BCUT2D eigenvalue weighted by Crippen LogP contribution is -2.35. The van der Waals surface area contributed by atoms with Crippen LogP contribution in [0.2, 0.25) is 0 Å². The van der Waals surface area contributed by atoms with Crippen molar-refractivity contribution < 1.29 is 4.79 Å². The molecule has 5 nitrogen and oxygen atoms in total. The van der Waals surface area contributed by atoms with Gasteiger partial charge in [0.25, 0.3) is 5.91 Å². The lowest BCUT2D eigenvalue weighted by Gasteiger charge is -2.23. The van der Waals surface area contributed by atoms with Crippen LogP contribution in [0.25, 0.3) is 0 Å². The van der Waals surface area contributed by atoms with Gasteiger partial charge >= 0.3 is 0 Å². The van der Waals surface area contributed by atoms with Crippen LogP contribution < -0.4 is 4.90 Å². The Morgan fingerprint density at radius 1 is 1.20 bits per heavy atom. The minimum Gasteiger partial charge on any atom is -0.354 e. The maximum atomic E-state index is 12.9. The molecule has 128 valence electrons. The number of hydrogen-bond acceptors (Lipinski definition) is 5. The van der Waals surface area contributed by atoms with Crippen LogP contribution in [0.1, 0.15) is 38.5 Å². The zero-order valence-electron chi connectivity index (χ0n) is 14.1. The Balaban J connectivity index is 1.47. The van der Waals surface area contributed by atoms with E-state index in [0.717, 1.165) is 43.0 Å². The fraction of sp³-hybridized carbons (Fsp3) is 0.421. The van der Waals surface area contributed by atoms with Crippen molar-refractivity contribution in [1.29, 1.82) is 5.26 Å². The predicted molar refractivity (Wildman–Crippen MR) is 98.0 cm³/mol. The number of carbonyl (C=O) groups excluding carboxylic acids is 1. The second-order valence-electron chi connectivity index (χ2n) is 6.53. The highest BCUT2D eigenvalue weighted by Crippen LogP contribution is 2.31. The fourth-order valence-electron chi connectivity index (χ4n) is 3.66. The van der Waals surface area contributed by atoms with Gasteiger partial charge in [-0.25, -0.2) is 4.98 Å². The number of carbonyl (C=O) groups is 1. The average Bonchev–Trinajstić information content (AvgIpc) is 3.15. The molecule has 3 heterocycles. The first kappa shape index (κ1) is 16.1. The van der Waals surface area contributed by atoms with Crippen molar-refractivity contribution in [1.82, 2.24) is 9.88 Å². The molecule has 1 aliphatic heterocycles. The van der Waals surface area contributed by atoms with Crippen molar-refractivity contribution in [3.05, 3.63) is 45.3 Å². The molecule has 4 rings (SSSR count). The van der Waals surface area contributed by atoms with Crippen LogP contribution in [0.15, 0.2) is 24.4 Å². The summed E-state index contributed by atoms with van der Waals surface area (Å²) >= 11 is 1.67. The first-order valence-corrected chi connectivity index (χ1v) is 9.59. The SMILES string of the molecule is N#Cc1cccnc1N1CCCN(C(=O)c2cc3c(s2)CCC3)CC1. The second-order valence-corrected chi connectivity index (χ2v) is 7.67. The van der Waals surface area contributed by atoms with Crippen molar-refractivity contribution in [2.24, 2.45) is 0 Å². The normalized spacial score (nSPS) is 17.1. The number of anilines is 1. The second kappa shape index (κ2) is 6.85. The monoisotopic (exact) mass is 352 g/mol. The molecule has 6 heteroatoms. The van der Waals surface area contributed by atoms with E-state index < -0.39 is 0 Å². The molecule has 0 spiro atoms. The molecule has 25 heavy (non-hydrogen) atoms. The van der Waals surface area contributed by atoms with Crippen molar-refractivity contribution in [3.8, 4) is 6.07 Å². The summed E-state index contributed by atoms with van der Waals surface area (Å²) in [5, 5.41) is 9.29. The van der Waals surface area contributed by atoms with Gasteiger partial charge < -0.3 is 9.80 Å². The Bertz CT molecular complexity index is 817. The third-order valence-corrected chi connectivity index (χ3v) is 6.17. The van der Waals surface area contributed by atoms with Crippen LogP contribution in [0.3, 0.4) is 0 Å². The van der Waals surface area contributed by atoms with Gasteiger partial charge in [0, 0.05) is 37.3 Å². The molecular weight excluding hydrogens is 332 g/mol. The van der Waals surface area contributed by atoms with E-state index in [1.807, 2.05) is 4.90 Å². The number of hydrogen-bond donors (Lipinski definition) is 0. The number of nitrogens with zero attached hydrogens (tertiary/aromatic N) is 4. The lowest BCUT2D eigenvalue weighted by atomic mass is 10.2. The zero-order chi connectivity index (χ0) is 17.2. The van der Waals surface area contributed by atoms with E-state index in [4.69, 9.17) is 0 Å². The number of amides is 1. The van der Waals surface area contributed by atoms with E-state index in [1.165, 1.54) is 16.9 Å². The van der Waals surface area contributed by atoms with E-state index in [-0.39, 0.29) is 5.91 Å². The Kier molecular flexibility index (Phi) is 4.41. The van der Waals surface area contributed by atoms with Gasteiger partial charge in [-0.2, -0.15) is 5.26 Å². The number of nitriles is 1. The molecule has 0 N–H and O–H groups in total. The Morgan fingerprint density at radius 3 is 2.96 bits per heavy atom. The molecule has 2 aromatic rings. The molecule has 0 saturated carbocycles. The van der Waals surface area contributed by atoms with Crippen LogP contribution >= 0.6 is 11.3 Å². The largest absolute Gasteiger partial charge is 0.354 e. The Morgan fingerprint density at radius 2 is 2.12 bits per heavy atom. The molecule has 0 atom stereocenters. The molecule has 2 aromatic heterocycles. The van der Waals surface area contributed by atoms with Gasteiger partial charge in [-0.1, -0.05) is 0 Å². The van der Waals surface area contributed by atoms with E-state index in [9.17, 15) is 10.1 Å². The van der Waals surface area contributed by atoms with Crippen LogP contribution in [-0.2, 0) is 12.8 Å². The molecule has 1 saturated heterocycles. The quantitative estimate of drug-likeness (QED) is 0.834. The zero-order valence-corrected chi connectivity index (χ0v) is 14.9. The highest BCUT2D eigenvalue weighted by atomic mass is 32.1. The summed E-state index contributed by atoms with van der Waals surface area (Å²) in [7, 11) is 0. The molecule has 0 aromatic carbocycles. The van der Waals surface area contributed by atoms with Crippen molar-refractivity contribution in [2.45, 2.75) is 25.7 Å². The third-order valence-electron chi connectivity index (χ3n) is 4.95. The van der Waals surface area contributed by atoms with Gasteiger partial charge in [-0.3, -0.25) is 4.79 Å². The predicted octanol–water partition coefficient (Wildman–Crippen LogP) is 2.86. The van der Waals surface area contributed by atoms with E-state index in [2.05, 4.69) is 22.0 Å². The third kappa shape index (κ3) is 3.12. The van der Waals surface area contributed by atoms with Crippen LogP contribution in [0.5, 0.6) is 0 Å². The molecule has 0 radical (unpaired) electrons. The van der Waals surface area contributed by atoms with Gasteiger partial charge in [-0.15, -0.1) is 11.3 Å². The minimum absolute atomic E-state index is 0.155. The summed E-state index contributed by atoms with van der Waals surface area (Å²) in [6.07, 6.45) is 6.07. The molecule has 1 fully saturated rings. The maximum absolute atomic E-state index is 12.9. The molecule has 0 bridgehead atoms. The van der Waals surface area contributed by atoms with E-state index >= 15 is 0 Å². The fourth-order valence-corrected chi connectivity index (χ4v) is 4.88. The number of thiophene rings is 1. The highest BCUT2D eigenvalue weighted by molar-refractivity contribution is 7.14. The van der Waals surface area contributed by atoms with Gasteiger partial charge in [-0.05, 0) is 49.4 Å². The highest BCUT2D eigenvalue weighted by Gasteiger charge is 2.25. The van der Waals surface area contributed by atoms with Crippen molar-refractivity contribution >= 4 is 23.1 Å². The molecule has 1 aliphatic carbocycles. The summed E-state index contributed by atoms with van der Waals surface area (Å²) in [5.74, 6) is 0.886. The Labute approximate surface area is 151 Å². The summed E-state index contributed by atoms with van der Waals surface area (Å²) in [4.78, 5) is 23.6. The molecule has 1 amide bonds. The summed E-state index contributed by atoms with van der Waals surface area (Å²) in [5.41, 5.74) is 1.97. The van der Waals surface area contributed by atoms with Crippen LogP contribution in [-0.4, -0.2) is 42.0 Å². The molecule has 2 aliphatic rings. The smallest absolute Gasteiger partial charge is 0.263 e. The summed E-state index contributed by atoms with van der Waals surface area (Å²) in [6, 6.07) is 7.89. The van der Waals surface area contributed by atoms with Crippen LogP contribution in [0.4, 0.5) is 5.82 Å². The topological polar surface area (TPSA) is 60.2 Å². The Hall–Kier alpha value is -2.39. The molecular formula is C19H20N4OS. The number of aromatic nitrogens is 1. The number of rotatable bonds is 2. The summed E-state index contributed by atoms with van der Waals surface area (Å²) in [6.45, 7) is 2.95. The van der Waals surface area contributed by atoms with Crippen LogP contribution in [0, 0.1) is 11.3 Å². The standard InChI is InChI=1S/C19H20N4OS/c20-13-15-5-2-7-21-18(15)22-8-3-9-23(11-10-22)19(24)17-12-14-4-1-6-16(14)25-17/h2,5,7,12H,1,3-4,6,8-11H2. The lowest BCUT2D eigenvalue weighted by molar-refractivity contribution is 0.0772. The van der Waals surface area contributed by atoms with Crippen molar-refractivity contribution in [2.75, 3.05) is 31.1 Å². The van der Waals surface area contributed by atoms with Gasteiger partial charge in [0.05, 0.1) is 10.4 Å². The first-order chi connectivity index (χ1) is 12.3. The van der Waals surface area contributed by atoms with Crippen molar-refractivity contribution in [3.63, 3.8) is 0 Å². The van der Waals surface area contributed by atoms with E-state index in [1.54, 1.807) is 29.7 Å².